The molecule has 3 heterocycles. The fraction of sp³-hybridized carbons (Fsp3) is 0.412. The topological polar surface area (TPSA) is 59.0 Å². The highest BCUT2D eigenvalue weighted by molar-refractivity contribution is 5.81. The van der Waals surface area contributed by atoms with Crippen LogP contribution in [0.15, 0.2) is 30.6 Å². The van der Waals surface area contributed by atoms with Crippen LogP contribution in [0.2, 0.25) is 0 Å². The highest BCUT2D eigenvalue weighted by Gasteiger charge is 2.19. The predicted octanol–water partition coefficient (Wildman–Crippen LogP) is 2.83. The van der Waals surface area contributed by atoms with Gasteiger partial charge in [0.2, 0.25) is 0 Å². The fourth-order valence-electron chi connectivity index (χ4n) is 2.53. The Balaban J connectivity index is 1.99. The van der Waals surface area contributed by atoms with Gasteiger partial charge < -0.3 is 4.90 Å². The summed E-state index contributed by atoms with van der Waals surface area (Å²) in [5.41, 5.74) is 1.95. The van der Waals surface area contributed by atoms with E-state index in [2.05, 4.69) is 28.7 Å². The molecule has 5 heteroatoms. The molecule has 0 aliphatic carbocycles. The van der Waals surface area contributed by atoms with Crippen molar-refractivity contribution in [2.45, 2.75) is 32.6 Å². The zero-order chi connectivity index (χ0) is 15.5. The van der Waals surface area contributed by atoms with E-state index in [1.807, 2.05) is 18.2 Å². The maximum Gasteiger partial charge on any atom is 0.136 e. The van der Waals surface area contributed by atoms with Gasteiger partial charge in [0.15, 0.2) is 0 Å². The van der Waals surface area contributed by atoms with Crippen molar-refractivity contribution < 1.29 is 4.79 Å². The van der Waals surface area contributed by atoms with Gasteiger partial charge in [-0.25, -0.2) is 9.97 Å². The second-order valence-corrected chi connectivity index (χ2v) is 5.89. The highest BCUT2D eigenvalue weighted by Crippen LogP contribution is 2.25. The van der Waals surface area contributed by atoms with E-state index in [1.165, 1.54) is 0 Å². The number of carbonyl (C=O) groups excluding carboxylic acids is 1. The van der Waals surface area contributed by atoms with E-state index in [-0.39, 0.29) is 5.92 Å². The number of ketones is 1. The molecule has 0 bridgehead atoms. The maximum absolute atomic E-state index is 11.4. The first-order valence-electron chi connectivity index (χ1n) is 7.69. The van der Waals surface area contributed by atoms with Crippen LogP contribution >= 0.6 is 0 Å². The highest BCUT2D eigenvalue weighted by atomic mass is 16.1. The summed E-state index contributed by atoms with van der Waals surface area (Å²) in [6, 6.07) is 5.92. The molecule has 0 atom stereocenters. The third-order valence-electron chi connectivity index (χ3n) is 3.87. The molecule has 1 fully saturated rings. The zero-order valence-electron chi connectivity index (χ0n) is 13.0. The summed E-state index contributed by atoms with van der Waals surface area (Å²) < 4.78 is 0. The van der Waals surface area contributed by atoms with Gasteiger partial charge in [-0.2, -0.15) is 0 Å². The fourth-order valence-corrected chi connectivity index (χ4v) is 2.53. The summed E-state index contributed by atoms with van der Waals surface area (Å²) in [6.45, 7) is 5.66. The van der Waals surface area contributed by atoms with E-state index in [1.54, 1.807) is 12.4 Å². The second kappa shape index (κ2) is 6.22. The largest absolute Gasteiger partial charge is 0.356 e. The van der Waals surface area contributed by atoms with Gasteiger partial charge in [-0.3, -0.25) is 9.78 Å². The van der Waals surface area contributed by atoms with Crippen LogP contribution in [0.25, 0.3) is 11.3 Å². The van der Waals surface area contributed by atoms with Crippen molar-refractivity contribution in [1.29, 1.82) is 0 Å². The average molecular weight is 296 g/mol. The molecule has 1 aliphatic rings. The molecule has 3 rings (SSSR count). The Kier molecular flexibility index (Phi) is 4.13. The van der Waals surface area contributed by atoms with Crippen LogP contribution in [-0.2, 0) is 4.79 Å². The molecule has 0 unspecified atom stereocenters. The van der Waals surface area contributed by atoms with Crippen molar-refractivity contribution in [3.63, 3.8) is 0 Å². The molecule has 22 heavy (non-hydrogen) atoms. The van der Waals surface area contributed by atoms with Crippen molar-refractivity contribution >= 4 is 11.6 Å². The molecular weight excluding hydrogens is 276 g/mol. The Labute approximate surface area is 130 Å². The van der Waals surface area contributed by atoms with E-state index < -0.39 is 0 Å². The number of anilines is 1. The molecular formula is C17H20N4O. The van der Waals surface area contributed by atoms with E-state index in [4.69, 9.17) is 4.98 Å². The van der Waals surface area contributed by atoms with Crippen LogP contribution in [-0.4, -0.2) is 33.8 Å². The molecule has 2 aromatic heterocycles. The van der Waals surface area contributed by atoms with Crippen molar-refractivity contribution in [3.8, 4) is 11.3 Å². The summed E-state index contributed by atoms with van der Waals surface area (Å²) >= 11 is 0. The number of pyridine rings is 1. The summed E-state index contributed by atoms with van der Waals surface area (Å²) in [4.78, 5) is 27.1. The van der Waals surface area contributed by atoms with E-state index in [0.717, 1.165) is 36.0 Å². The van der Waals surface area contributed by atoms with Crippen molar-refractivity contribution in [2.24, 2.45) is 0 Å². The molecule has 0 N–H and O–H groups in total. The smallest absolute Gasteiger partial charge is 0.136 e. The Morgan fingerprint density at radius 3 is 2.41 bits per heavy atom. The number of Topliss-reactive ketones (excluding diaryl/α,β-unsaturated/α-hetero) is 1. The molecule has 0 saturated carbocycles. The van der Waals surface area contributed by atoms with Crippen LogP contribution in [0.4, 0.5) is 5.82 Å². The van der Waals surface area contributed by atoms with Crippen molar-refractivity contribution in [3.05, 3.63) is 36.4 Å². The van der Waals surface area contributed by atoms with Gasteiger partial charge in [0.1, 0.15) is 17.4 Å². The van der Waals surface area contributed by atoms with Gasteiger partial charge in [0.05, 0.1) is 5.69 Å². The minimum Gasteiger partial charge on any atom is -0.356 e. The van der Waals surface area contributed by atoms with E-state index in [0.29, 0.717) is 18.6 Å². The minimum absolute atomic E-state index is 0.256. The van der Waals surface area contributed by atoms with Gasteiger partial charge in [-0.15, -0.1) is 0 Å². The molecule has 0 radical (unpaired) electrons. The monoisotopic (exact) mass is 296 g/mol. The lowest BCUT2D eigenvalue weighted by molar-refractivity contribution is -0.119. The first kappa shape index (κ1) is 14.6. The van der Waals surface area contributed by atoms with Crippen LogP contribution in [0, 0.1) is 0 Å². The third kappa shape index (κ3) is 3.13. The molecule has 2 aromatic rings. The van der Waals surface area contributed by atoms with Gasteiger partial charge in [0, 0.05) is 55.9 Å². The molecule has 1 aliphatic heterocycles. The average Bonchev–Trinajstić information content (AvgIpc) is 2.56. The number of rotatable bonds is 3. The lowest BCUT2D eigenvalue weighted by atomic mass is 10.1. The van der Waals surface area contributed by atoms with Crippen LogP contribution in [0.5, 0.6) is 0 Å². The lowest BCUT2D eigenvalue weighted by Crippen LogP contribution is -2.34. The number of hydrogen-bond acceptors (Lipinski definition) is 5. The first-order valence-corrected chi connectivity index (χ1v) is 7.69. The lowest BCUT2D eigenvalue weighted by Gasteiger charge is -2.28. The van der Waals surface area contributed by atoms with E-state index >= 15 is 0 Å². The Bertz CT molecular complexity index is 660. The van der Waals surface area contributed by atoms with Crippen LogP contribution in [0.1, 0.15) is 38.4 Å². The SMILES string of the molecule is CC(C)c1nc(-c2ccncc2)cc(N2CCC(=O)CC2)n1. The summed E-state index contributed by atoms with van der Waals surface area (Å²) in [6.07, 6.45) is 4.74. The van der Waals surface area contributed by atoms with Crippen molar-refractivity contribution in [2.75, 3.05) is 18.0 Å². The van der Waals surface area contributed by atoms with Crippen LogP contribution in [0.3, 0.4) is 0 Å². The summed E-state index contributed by atoms with van der Waals surface area (Å²) in [5, 5.41) is 0. The first-order chi connectivity index (χ1) is 10.6. The van der Waals surface area contributed by atoms with E-state index in [9.17, 15) is 4.79 Å². The standard InChI is InChI=1S/C17H20N4O/c1-12(2)17-19-15(13-3-7-18-8-4-13)11-16(20-17)21-9-5-14(22)6-10-21/h3-4,7-8,11-12H,5-6,9-10H2,1-2H3. The maximum atomic E-state index is 11.4. The number of piperidine rings is 1. The summed E-state index contributed by atoms with van der Waals surface area (Å²) in [7, 11) is 0. The van der Waals surface area contributed by atoms with Gasteiger partial charge in [-0.05, 0) is 12.1 Å². The summed E-state index contributed by atoms with van der Waals surface area (Å²) in [5.74, 6) is 2.34. The van der Waals surface area contributed by atoms with Gasteiger partial charge in [0.25, 0.3) is 0 Å². The quantitative estimate of drug-likeness (QED) is 0.871. The zero-order valence-corrected chi connectivity index (χ0v) is 13.0. The molecule has 0 spiro atoms. The Hall–Kier alpha value is -2.30. The molecule has 114 valence electrons. The number of carbonyl (C=O) groups is 1. The molecule has 0 amide bonds. The normalized spacial score (nSPS) is 15.4. The number of nitrogens with zero attached hydrogens (tertiary/aromatic N) is 4. The Morgan fingerprint density at radius 2 is 1.77 bits per heavy atom. The molecule has 5 nitrogen and oxygen atoms in total. The van der Waals surface area contributed by atoms with Crippen LogP contribution < -0.4 is 4.90 Å². The van der Waals surface area contributed by atoms with Gasteiger partial charge >= 0.3 is 0 Å². The number of hydrogen-bond donors (Lipinski definition) is 0. The molecule has 1 saturated heterocycles. The second-order valence-electron chi connectivity index (χ2n) is 5.89. The molecule has 0 aromatic carbocycles. The Morgan fingerprint density at radius 1 is 1.09 bits per heavy atom. The number of aromatic nitrogens is 3. The minimum atomic E-state index is 0.256. The van der Waals surface area contributed by atoms with Crippen molar-refractivity contribution in [1.82, 2.24) is 15.0 Å². The van der Waals surface area contributed by atoms with Gasteiger partial charge in [-0.1, -0.05) is 13.8 Å². The third-order valence-corrected chi connectivity index (χ3v) is 3.87. The predicted molar refractivity (Wildman–Crippen MR) is 85.8 cm³/mol.